The molecule has 0 bridgehead atoms. The SMILES string of the molecule is CCOC(c1nc(C)c(C(C)CNC)c(C)n1)C(C)(C)C. The first-order chi connectivity index (χ1) is 9.72. The van der Waals surface area contributed by atoms with Crippen LogP contribution in [-0.2, 0) is 4.74 Å². The molecule has 0 saturated heterocycles. The Balaban J connectivity index is 3.23. The minimum atomic E-state index is -0.0754. The van der Waals surface area contributed by atoms with E-state index in [0.29, 0.717) is 12.5 Å². The van der Waals surface area contributed by atoms with E-state index in [-0.39, 0.29) is 11.5 Å². The summed E-state index contributed by atoms with van der Waals surface area (Å²) in [5, 5.41) is 3.22. The maximum Gasteiger partial charge on any atom is 0.158 e. The Morgan fingerprint density at radius 3 is 2.05 bits per heavy atom. The molecule has 2 unspecified atom stereocenters. The zero-order valence-electron chi connectivity index (χ0n) is 14.9. The molecule has 1 N–H and O–H groups in total. The fourth-order valence-corrected chi connectivity index (χ4v) is 2.87. The van der Waals surface area contributed by atoms with Crippen molar-refractivity contribution in [3.8, 4) is 0 Å². The molecule has 0 fully saturated rings. The molecule has 0 aromatic carbocycles. The molecule has 1 heterocycles. The van der Waals surface area contributed by atoms with Gasteiger partial charge in [-0.25, -0.2) is 9.97 Å². The van der Waals surface area contributed by atoms with Crippen molar-refractivity contribution in [2.24, 2.45) is 5.41 Å². The average Bonchev–Trinajstić information content (AvgIpc) is 2.33. The van der Waals surface area contributed by atoms with E-state index in [9.17, 15) is 0 Å². The molecular weight excluding hydrogens is 262 g/mol. The standard InChI is InChI=1S/C17H31N3O/c1-9-21-15(17(5,6)7)16-19-12(3)14(13(4)20-16)11(2)10-18-8/h11,15,18H,9-10H2,1-8H3. The molecule has 0 saturated carbocycles. The fourth-order valence-electron chi connectivity index (χ4n) is 2.87. The molecule has 21 heavy (non-hydrogen) atoms. The second kappa shape index (κ2) is 7.32. The lowest BCUT2D eigenvalue weighted by Crippen LogP contribution is -2.25. The van der Waals surface area contributed by atoms with E-state index in [0.717, 1.165) is 23.8 Å². The van der Waals surface area contributed by atoms with E-state index in [1.165, 1.54) is 5.56 Å². The van der Waals surface area contributed by atoms with Crippen LogP contribution in [-0.4, -0.2) is 30.2 Å². The van der Waals surface area contributed by atoms with E-state index >= 15 is 0 Å². The Kier molecular flexibility index (Phi) is 6.29. The van der Waals surface area contributed by atoms with Crippen molar-refractivity contribution < 1.29 is 4.74 Å². The lowest BCUT2D eigenvalue weighted by molar-refractivity contribution is -0.0193. The highest BCUT2D eigenvalue weighted by molar-refractivity contribution is 5.29. The highest BCUT2D eigenvalue weighted by Crippen LogP contribution is 2.35. The summed E-state index contributed by atoms with van der Waals surface area (Å²) in [5.41, 5.74) is 3.35. The molecule has 0 amide bonds. The van der Waals surface area contributed by atoms with Crippen LogP contribution in [0.4, 0.5) is 0 Å². The summed E-state index contributed by atoms with van der Waals surface area (Å²) in [7, 11) is 1.97. The average molecular weight is 293 g/mol. The topological polar surface area (TPSA) is 47.0 Å². The molecule has 4 heteroatoms. The first kappa shape index (κ1) is 18.1. The van der Waals surface area contributed by atoms with Gasteiger partial charge in [-0.15, -0.1) is 0 Å². The van der Waals surface area contributed by atoms with E-state index in [4.69, 9.17) is 14.7 Å². The maximum absolute atomic E-state index is 5.91. The first-order valence-corrected chi connectivity index (χ1v) is 7.83. The predicted octanol–water partition coefficient (Wildman–Crippen LogP) is 3.54. The smallest absolute Gasteiger partial charge is 0.158 e. The van der Waals surface area contributed by atoms with Crippen LogP contribution in [0, 0.1) is 19.3 Å². The quantitative estimate of drug-likeness (QED) is 0.871. The number of nitrogens with zero attached hydrogens (tertiary/aromatic N) is 2. The third-order valence-electron chi connectivity index (χ3n) is 3.70. The summed E-state index contributed by atoms with van der Waals surface area (Å²) in [4.78, 5) is 9.52. The fraction of sp³-hybridized carbons (Fsp3) is 0.765. The van der Waals surface area contributed by atoms with E-state index in [2.05, 4.69) is 46.9 Å². The summed E-state index contributed by atoms with van der Waals surface area (Å²) in [6.45, 7) is 16.5. The largest absolute Gasteiger partial charge is 0.370 e. The van der Waals surface area contributed by atoms with Crippen LogP contribution >= 0.6 is 0 Å². The van der Waals surface area contributed by atoms with E-state index in [1.807, 2.05) is 14.0 Å². The number of hydrogen-bond donors (Lipinski definition) is 1. The molecular formula is C17H31N3O. The molecule has 2 atom stereocenters. The lowest BCUT2D eigenvalue weighted by Gasteiger charge is -2.30. The number of aryl methyl sites for hydroxylation is 2. The lowest BCUT2D eigenvalue weighted by atomic mass is 9.88. The van der Waals surface area contributed by atoms with Crippen molar-refractivity contribution in [2.45, 2.75) is 60.5 Å². The molecule has 1 rings (SSSR count). The molecule has 1 aromatic rings. The molecule has 0 aliphatic rings. The third-order valence-corrected chi connectivity index (χ3v) is 3.70. The third kappa shape index (κ3) is 4.48. The summed E-state index contributed by atoms with van der Waals surface area (Å²) in [6.07, 6.45) is -0.0754. The number of ether oxygens (including phenoxy) is 1. The van der Waals surface area contributed by atoms with Crippen LogP contribution in [0.2, 0.25) is 0 Å². The second-order valence-corrected chi connectivity index (χ2v) is 6.83. The molecule has 0 radical (unpaired) electrons. The Labute approximate surface area is 129 Å². The minimum Gasteiger partial charge on any atom is -0.370 e. The van der Waals surface area contributed by atoms with Gasteiger partial charge in [0.25, 0.3) is 0 Å². The normalized spacial score (nSPS) is 15.0. The van der Waals surface area contributed by atoms with Crippen LogP contribution in [0.1, 0.15) is 69.4 Å². The molecule has 0 spiro atoms. The second-order valence-electron chi connectivity index (χ2n) is 6.83. The molecule has 0 aliphatic carbocycles. The van der Waals surface area contributed by atoms with Gasteiger partial charge in [0.05, 0.1) is 0 Å². The number of hydrogen-bond acceptors (Lipinski definition) is 4. The Hall–Kier alpha value is -1.00. The van der Waals surface area contributed by atoms with Crippen LogP contribution in [0.25, 0.3) is 0 Å². The first-order valence-electron chi connectivity index (χ1n) is 7.83. The molecule has 4 nitrogen and oxygen atoms in total. The highest BCUT2D eigenvalue weighted by atomic mass is 16.5. The Bertz CT molecular complexity index is 443. The van der Waals surface area contributed by atoms with Crippen molar-refractivity contribution in [3.63, 3.8) is 0 Å². The van der Waals surface area contributed by atoms with Gasteiger partial charge in [-0.2, -0.15) is 0 Å². The van der Waals surface area contributed by atoms with Crippen molar-refractivity contribution in [2.75, 3.05) is 20.2 Å². The zero-order valence-corrected chi connectivity index (χ0v) is 14.9. The van der Waals surface area contributed by atoms with Gasteiger partial charge in [0, 0.05) is 24.5 Å². The van der Waals surface area contributed by atoms with Crippen LogP contribution < -0.4 is 5.32 Å². The number of rotatable bonds is 6. The predicted molar refractivity (Wildman–Crippen MR) is 87.7 cm³/mol. The van der Waals surface area contributed by atoms with Gasteiger partial charge < -0.3 is 10.1 Å². The monoisotopic (exact) mass is 293 g/mol. The number of aromatic nitrogens is 2. The zero-order chi connectivity index (χ0) is 16.2. The Morgan fingerprint density at radius 2 is 1.67 bits per heavy atom. The van der Waals surface area contributed by atoms with E-state index < -0.39 is 0 Å². The summed E-state index contributed by atoms with van der Waals surface area (Å²) in [6, 6.07) is 0. The van der Waals surface area contributed by atoms with Gasteiger partial charge >= 0.3 is 0 Å². The van der Waals surface area contributed by atoms with Gasteiger partial charge in [-0.3, -0.25) is 0 Å². The van der Waals surface area contributed by atoms with Gasteiger partial charge in [-0.05, 0) is 44.7 Å². The number of likely N-dealkylation sites (N-methyl/N-ethyl adjacent to an activating group) is 1. The van der Waals surface area contributed by atoms with Gasteiger partial charge in [-0.1, -0.05) is 27.7 Å². The molecule has 0 aliphatic heterocycles. The summed E-state index contributed by atoms with van der Waals surface area (Å²) in [5.74, 6) is 1.21. The van der Waals surface area contributed by atoms with Crippen LogP contribution in [0.3, 0.4) is 0 Å². The van der Waals surface area contributed by atoms with E-state index in [1.54, 1.807) is 0 Å². The summed E-state index contributed by atoms with van der Waals surface area (Å²) >= 11 is 0. The van der Waals surface area contributed by atoms with Crippen LogP contribution in [0.15, 0.2) is 0 Å². The highest BCUT2D eigenvalue weighted by Gasteiger charge is 2.30. The van der Waals surface area contributed by atoms with Crippen molar-refractivity contribution >= 4 is 0 Å². The van der Waals surface area contributed by atoms with Crippen LogP contribution in [0.5, 0.6) is 0 Å². The van der Waals surface area contributed by atoms with Gasteiger partial charge in [0.2, 0.25) is 0 Å². The van der Waals surface area contributed by atoms with Crippen molar-refractivity contribution in [1.82, 2.24) is 15.3 Å². The van der Waals surface area contributed by atoms with Crippen molar-refractivity contribution in [1.29, 1.82) is 0 Å². The van der Waals surface area contributed by atoms with Crippen molar-refractivity contribution in [3.05, 3.63) is 22.8 Å². The van der Waals surface area contributed by atoms with Gasteiger partial charge in [0.15, 0.2) is 5.82 Å². The molecule has 1 aromatic heterocycles. The van der Waals surface area contributed by atoms with Gasteiger partial charge in [0.1, 0.15) is 6.10 Å². The maximum atomic E-state index is 5.91. The minimum absolute atomic E-state index is 0.0208. The molecule has 120 valence electrons. The Morgan fingerprint density at radius 1 is 1.14 bits per heavy atom. The summed E-state index contributed by atoms with van der Waals surface area (Å²) < 4.78 is 5.91. The number of nitrogens with one attached hydrogen (secondary N) is 1.